The fourth-order valence-electron chi connectivity index (χ4n) is 3.41. The van der Waals surface area contributed by atoms with Crippen molar-refractivity contribution >= 4 is 50.5 Å². The maximum atomic E-state index is 13.4. The van der Waals surface area contributed by atoms with Crippen LogP contribution in [0.3, 0.4) is 0 Å². The number of carbonyl (C=O) groups is 1. The number of thioether (sulfide) groups is 1. The molecule has 0 saturated carbocycles. The van der Waals surface area contributed by atoms with Crippen LogP contribution in [0, 0.1) is 0 Å². The third-order valence-electron chi connectivity index (χ3n) is 5.13. The lowest BCUT2D eigenvalue weighted by molar-refractivity contribution is -0.122. The molecule has 7 heteroatoms. The Kier molecular flexibility index (Phi) is 7.52. The van der Waals surface area contributed by atoms with Crippen LogP contribution in [0.4, 0.5) is 5.69 Å². The number of amides is 1. The van der Waals surface area contributed by atoms with Crippen LogP contribution in [0.15, 0.2) is 87.2 Å². The molecular weight excluding hydrogens is 500 g/mol. The third-order valence-corrected chi connectivity index (χ3v) is 6.82. The zero-order valence-electron chi connectivity index (χ0n) is 18.3. The van der Waals surface area contributed by atoms with Gasteiger partial charge in [-0.25, -0.2) is 4.99 Å². The molecule has 5 nitrogen and oxygen atoms in total. The van der Waals surface area contributed by atoms with Gasteiger partial charge in [0.05, 0.1) is 24.8 Å². The number of hydrogen-bond acceptors (Lipinski definition) is 5. The molecular formula is C26H23BrN2O3S. The van der Waals surface area contributed by atoms with Crippen molar-refractivity contribution in [2.75, 3.05) is 20.8 Å². The van der Waals surface area contributed by atoms with Crippen LogP contribution in [-0.2, 0) is 11.2 Å². The maximum Gasteiger partial charge on any atom is 0.266 e. The number of hydrogen-bond donors (Lipinski definition) is 0. The topological polar surface area (TPSA) is 51.1 Å². The second-order valence-electron chi connectivity index (χ2n) is 7.26. The quantitative estimate of drug-likeness (QED) is 0.341. The lowest BCUT2D eigenvalue weighted by Crippen LogP contribution is -2.31. The van der Waals surface area contributed by atoms with E-state index in [1.807, 2.05) is 66.7 Å². The van der Waals surface area contributed by atoms with Gasteiger partial charge in [-0.15, -0.1) is 0 Å². The Morgan fingerprint density at radius 3 is 2.27 bits per heavy atom. The van der Waals surface area contributed by atoms with E-state index in [9.17, 15) is 4.79 Å². The first-order valence-corrected chi connectivity index (χ1v) is 12.0. The number of nitrogens with zero attached hydrogens (tertiary/aromatic N) is 2. The van der Waals surface area contributed by atoms with Crippen molar-refractivity contribution in [3.63, 3.8) is 0 Å². The molecule has 33 heavy (non-hydrogen) atoms. The summed E-state index contributed by atoms with van der Waals surface area (Å²) in [5.74, 6) is 1.15. The molecule has 4 rings (SSSR count). The second-order valence-corrected chi connectivity index (χ2v) is 9.13. The van der Waals surface area contributed by atoms with Gasteiger partial charge in [-0.3, -0.25) is 9.69 Å². The molecule has 0 spiro atoms. The number of ether oxygens (including phenoxy) is 2. The highest BCUT2D eigenvalue weighted by molar-refractivity contribution is 9.10. The second kappa shape index (κ2) is 10.7. The van der Waals surface area contributed by atoms with Crippen molar-refractivity contribution in [3.05, 3.63) is 93.3 Å². The minimum absolute atomic E-state index is 0.0627. The van der Waals surface area contributed by atoms with Gasteiger partial charge in [-0.2, -0.15) is 0 Å². The van der Waals surface area contributed by atoms with Crippen LogP contribution in [-0.4, -0.2) is 36.7 Å². The monoisotopic (exact) mass is 522 g/mol. The molecule has 0 unspecified atom stereocenters. The Morgan fingerprint density at radius 2 is 1.61 bits per heavy atom. The molecule has 1 amide bonds. The van der Waals surface area contributed by atoms with Crippen LogP contribution >= 0.6 is 27.7 Å². The van der Waals surface area contributed by atoms with E-state index in [0.29, 0.717) is 28.1 Å². The standard InChI is InChI=1S/C26H23BrN2O3S/c1-31-22-15-19(21(27)17-23(22)32-2)16-24-25(30)29(14-13-18-9-5-3-6-10-18)26(33-24)28-20-11-7-4-8-12-20/h3-12,15-17H,13-14H2,1-2H3/b24-16-,28-26?. The van der Waals surface area contributed by atoms with E-state index >= 15 is 0 Å². The van der Waals surface area contributed by atoms with E-state index in [4.69, 9.17) is 14.5 Å². The third kappa shape index (κ3) is 5.49. The molecule has 0 N–H and O–H groups in total. The molecule has 0 aromatic heterocycles. The van der Waals surface area contributed by atoms with E-state index in [0.717, 1.165) is 22.1 Å². The van der Waals surface area contributed by atoms with Crippen molar-refractivity contribution in [1.82, 2.24) is 4.90 Å². The van der Waals surface area contributed by atoms with Crippen LogP contribution in [0.2, 0.25) is 0 Å². The Hall–Kier alpha value is -3.03. The lowest BCUT2D eigenvalue weighted by atomic mass is 10.1. The van der Waals surface area contributed by atoms with Crippen LogP contribution < -0.4 is 9.47 Å². The first-order valence-electron chi connectivity index (χ1n) is 10.4. The summed E-state index contributed by atoms with van der Waals surface area (Å²) in [5, 5.41) is 0.671. The minimum atomic E-state index is -0.0627. The summed E-state index contributed by atoms with van der Waals surface area (Å²) in [7, 11) is 3.18. The first kappa shape index (κ1) is 23.1. The van der Waals surface area contributed by atoms with Gasteiger partial charge in [-0.1, -0.05) is 64.5 Å². The van der Waals surface area contributed by atoms with Gasteiger partial charge >= 0.3 is 0 Å². The molecule has 3 aromatic rings. The summed E-state index contributed by atoms with van der Waals surface area (Å²) in [5.41, 5.74) is 2.81. The number of amidine groups is 1. The van der Waals surface area contributed by atoms with Gasteiger partial charge in [0.25, 0.3) is 5.91 Å². The van der Waals surface area contributed by atoms with E-state index in [-0.39, 0.29) is 5.91 Å². The summed E-state index contributed by atoms with van der Waals surface area (Å²) in [6, 6.07) is 23.5. The van der Waals surface area contributed by atoms with Crippen LogP contribution in [0.5, 0.6) is 11.5 Å². The predicted molar refractivity (Wildman–Crippen MR) is 138 cm³/mol. The van der Waals surface area contributed by atoms with Crippen molar-refractivity contribution in [2.24, 2.45) is 4.99 Å². The smallest absolute Gasteiger partial charge is 0.266 e. The summed E-state index contributed by atoms with van der Waals surface area (Å²) in [6.07, 6.45) is 2.61. The number of para-hydroxylation sites is 1. The molecule has 3 aromatic carbocycles. The normalized spacial score (nSPS) is 16.0. The zero-order valence-corrected chi connectivity index (χ0v) is 20.7. The number of aliphatic imine (C=N–C) groups is 1. The SMILES string of the molecule is COc1cc(Br)c(/C=C2\SC(=Nc3ccccc3)N(CCc3ccccc3)C2=O)cc1OC. The van der Waals surface area contributed by atoms with Crippen LogP contribution in [0.1, 0.15) is 11.1 Å². The van der Waals surface area contributed by atoms with Gasteiger partial charge in [0.1, 0.15) is 0 Å². The summed E-state index contributed by atoms with van der Waals surface area (Å²) >= 11 is 4.96. The Balaban J connectivity index is 1.67. The Bertz CT molecular complexity index is 1200. The fourth-order valence-corrected chi connectivity index (χ4v) is 4.86. The molecule has 1 aliphatic heterocycles. The number of halogens is 1. The van der Waals surface area contributed by atoms with Gasteiger partial charge in [0.15, 0.2) is 16.7 Å². The van der Waals surface area contributed by atoms with Crippen molar-refractivity contribution < 1.29 is 14.3 Å². The Labute approximate surface area is 206 Å². The number of rotatable bonds is 7. The van der Waals surface area contributed by atoms with Crippen molar-refractivity contribution in [1.29, 1.82) is 0 Å². The highest BCUT2D eigenvalue weighted by atomic mass is 79.9. The molecule has 0 bridgehead atoms. The van der Waals surface area contributed by atoms with E-state index in [1.165, 1.54) is 17.3 Å². The van der Waals surface area contributed by atoms with Gasteiger partial charge in [-0.05, 0) is 59.7 Å². The van der Waals surface area contributed by atoms with Gasteiger partial charge < -0.3 is 9.47 Å². The predicted octanol–water partition coefficient (Wildman–Crippen LogP) is 6.31. The van der Waals surface area contributed by atoms with E-state index in [1.54, 1.807) is 19.1 Å². The highest BCUT2D eigenvalue weighted by Gasteiger charge is 2.33. The molecule has 1 saturated heterocycles. The maximum absolute atomic E-state index is 13.4. The molecule has 1 heterocycles. The molecule has 0 atom stereocenters. The van der Waals surface area contributed by atoms with Crippen molar-refractivity contribution in [2.45, 2.75) is 6.42 Å². The van der Waals surface area contributed by atoms with Crippen molar-refractivity contribution in [3.8, 4) is 11.5 Å². The molecule has 0 radical (unpaired) electrons. The number of benzene rings is 3. The Morgan fingerprint density at radius 1 is 0.970 bits per heavy atom. The minimum Gasteiger partial charge on any atom is -0.493 e. The average Bonchev–Trinajstić information content (AvgIpc) is 3.13. The average molecular weight is 523 g/mol. The lowest BCUT2D eigenvalue weighted by Gasteiger charge is -2.15. The van der Waals surface area contributed by atoms with E-state index < -0.39 is 0 Å². The van der Waals surface area contributed by atoms with Gasteiger partial charge in [0, 0.05) is 11.0 Å². The number of methoxy groups -OCH3 is 2. The van der Waals surface area contributed by atoms with Crippen LogP contribution in [0.25, 0.3) is 6.08 Å². The molecule has 168 valence electrons. The molecule has 1 fully saturated rings. The number of carbonyl (C=O) groups excluding carboxylic acids is 1. The molecule has 1 aliphatic rings. The largest absolute Gasteiger partial charge is 0.493 e. The van der Waals surface area contributed by atoms with Gasteiger partial charge in [0.2, 0.25) is 0 Å². The summed E-state index contributed by atoms with van der Waals surface area (Å²) in [6.45, 7) is 0.548. The zero-order chi connectivity index (χ0) is 23.2. The first-order chi connectivity index (χ1) is 16.1. The summed E-state index contributed by atoms with van der Waals surface area (Å²) < 4.78 is 11.6. The highest BCUT2D eigenvalue weighted by Crippen LogP contribution is 2.38. The van der Waals surface area contributed by atoms with E-state index in [2.05, 4.69) is 28.1 Å². The molecule has 0 aliphatic carbocycles. The fraction of sp³-hybridized carbons (Fsp3) is 0.154. The summed E-state index contributed by atoms with van der Waals surface area (Å²) in [4.78, 5) is 20.5.